The molecule has 172 valence electrons. The highest BCUT2D eigenvalue weighted by Crippen LogP contribution is 2.19. The van der Waals surface area contributed by atoms with Gasteiger partial charge in [0.1, 0.15) is 11.5 Å². The largest absolute Gasteiger partial charge is 0.494 e. The molecule has 0 N–H and O–H groups in total. The van der Waals surface area contributed by atoms with Crippen molar-refractivity contribution in [3.8, 4) is 17.2 Å². The number of ether oxygens (including phenoxy) is 2. The number of para-hydroxylation sites is 3. The van der Waals surface area contributed by atoms with Gasteiger partial charge in [-0.2, -0.15) is 4.68 Å². The average molecular weight is 527 g/mol. The van der Waals surface area contributed by atoms with Crippen LogP contribution in [0.4, 0.5) is 0 Å². The fourth-order valence-corrected chi connectivity index (χ4v) is 3.72. The normalized spacial score (nSPS) is 10.2. The van der Waals surface area contributed by atoms with Crippen LogP contribution < -0.4 is 9.47 Å². The van der Waals surface area contributed by atoms with Gasteiger partial charge < -0.3 is 9.47 Å². The molecule has 0 saturated heterocycles. The molecule has 0 radical (unpaired) electrons. The fourth-order valence-electron chi connectivity index (χ4n) is 2.69. The molecule has 1 aromatic heterocycles. The standard InChI is InChI=1S/C16H16N4OS.C9H11BrO/c1-3-8-14(9-4-1)20-16(17-18-19-20)22-13-7-12-21-15-10-5-2-6-11-15;10-7-4-8-11-9-5-2-1-3-6-9/h1-6,8-11H,7,12-13H2;1-3,5-6H,4,7-8H2. The highest BCUT2D eigenvalue weighted by molar-refractivity contribution is 9.09. The van der Waals surface area contributed by atoms with Crippen LogP contribution in [0, 0.1) is 0 Å². The summed E-state index contributed by atoms with van der Waals surface area (Å²) < 4.78 is 12.8. The number of aromatic nitrogens is 4. The number of rotatable bonds is 11. The van der Waals surface area contributed by atoms with Crippen LogP contribution in [0.25, 0.3) is 5.69 Å². The molecule has 0 spiro atoms. The molecule has 0 aliphatic heterocycles. The number of thioether (sulfide) groups is 1. The van der Waals surface area contributed by atoms with Gasteiger partial charge >= 0.3 is 0 Å². The molecule has 4 rings (SSSR count). The second-order valence-electron chi connectivity index (χ2n) is 6.78. The van der Waals surface area contributed by atoms with Crippen molar-refractivity contribution < 1.29 is 9.47 Å². The Kier molecular flexibility index (Phi) is 11.3. The predicted molar refractivity (Wildman–Crippen MR) is 137 cm³/mol. The Balaban J connectivity index is 0.000000235. The van der Waals surface area contributed by atoms with Crippen molar-refractivity contribution in [1.82, 2.24) is 20.2 Å². The van der Waals surface area contributed by atoms with Gasteiger partial charge in [0.15, 0.2) is 0 Å². The molecule has 0 aliphatic carbocycles. The van der Waals surface area contributed by atoms with E-state index in [0.717, 1.165) is 52.9 Å². The Morgan fingerprint density at radius 1 is 0.727 bits per heavy atom. The molecule has 8 heteroatoms. The van der Waals surface area contributed by atoms with Gasteiger partial charge in [-0.25, -0.2) is 0 Å². The van der Waals surface area contributed by atoms with E-state index in [1.807, 2.05) is 91.0 Å². The highest BCUT2D eigenvalue weighted by Gasteiger charge is 2.08. The molecule has 4 aromatic rings. The van der Waals surface area contributed by atoms with Crippen molar-refractivity contribution >= 4 is 27.7 Å². The van der Waals surface area contributed by atoms with E-state index in [1.165, 1.54) is 0 Å². The molecule has 0 aliphatic rings. The van der Waals surface area contributed by atoms with Gasteiger partial charge in [0.25, 0.3) is 0 Å². The zero-order valence-corrected chi connectivity index (χ0v) is 20.7. The average Bonchev–Trinajstić information content (AvgIpc) is 3.35. The SMILES string of the molecule is BrCCCOc1ccccc1.c1ccc(OCCCSc2nnnn2-c2ccccc2)cc1. The van der Waals surface area contributed by atoms with Gasteiger partial charge in [-0.05, 0) is 59.7 Å². The van der Waals surface area contributed by atoms with Crippen molar-refractivity contribution in [3.05, 3.63) is 91.0 Å². The zero-order chi connectivity index (χ0) is 23.0. The lowest BCUT2D eigenvalue weighted by Crippen LogP contribution is -2.01. The van der Waals surface area contributed by atoms with E-state index in [4.69, 9.17) is 9.47 Å². The molecule has 0 fully saturated rings. The third-order valence-electron chi connectivity index (χ3n) is 4.26. The van der Waals surface area contributed by atoms with Crippen LogP contribution in [0.3, 0.4) is 0 Å². The maximum absolute atomic E-state index is 5.67. The first-order valence-electron chi connectivity index (χ1n) is 10.7. The first kappa shape index (κ1) is 24.8. The summed E-state index contributed by atoms with van der Waals surface area (Å²) in [6.07, 6.45) is 1.98. The van der Waals surface area contributed by atoms with Crippen molar-refractivity contribution in [2.45, 2.75) is 18.0 Å². The van der Waals surface area contributed by atoms with Crippen molar-refractivity contribution in [2.24, 2.45) is 0 Å². The van der Waals surface area contributed by atoms with Gasteiger partial charge in [0.2, 0.25) is 5.16 Å². The Hall–Kier alpha value is -2.84. The molecule has 0 amide bonds. The van der Waals surface area contributed by atoms with Crippen LogP contribution in [-0.4, -0.2) is 44.5 Å². The van der Waals surface area contributed by atoms with Gasteiger partial charge in [0, 0.05) is 11.1 Å². The summed E-state index contributed by atoms with van der Waals surface area (Å²) >= 11 is 4.97. The smallest absolute Gasteiger partial charge is 0.214 e. The molecular weight excluding hydrogens is 500 g/mol. The monoisotopic (exact) mass is 526 g/mol. The van der Waals surface area contributed by atoms with Gasteiger partial charge in [0.05, 0.1) is 18.9 Å². The fraction of sp³-hybridized carbons (Fsp3) is 0.240. The molecule has 0 saturated carbocycles. The zero-order valence-electron chi connectivity index (χ0n) is 18.3. The summed E-state index contributed by atoms with van der Waals surface area (Å²) in [5, 5.41) is 13.7. The maximum atomic E-state index is 5.67. The maximum Gasteiger partial charge on any atom is 0.214 e. The van der Waals surface area contributed by atoms with E-state index >= 15 is 0 Å². The number of hydrogen-bond donors (Lipinski definition) is 0. The van der Waals surface area contributed by atoms with Crippen molar-refractivity contribution in [2.75, 3.05) is 24.3 Å². The van der Waals surface area contributed by atoms with Crippen molar-refractivity contribution in [3.63, 3.8) is 0 Å². The third kappa shape index (κ3) is 9.27. The van der Waals surface area contributed by atoms with Crippen LogP contribution in [0.15, 0.2) is 96.2 Å². The molecule has 1 heterocycles. The van der Waals surface area contributed by atoms with Crippen LogP contribution in [0.1, 0.15) is 12.8 Å². The van der Waals surface area contributed by atoms with E-state index < -0.39 is 0 Å². The molecule has 0 atom stereocenters. The minimum Gasteiger partial charge on any atom is -0.494 e. The number of halogens is 1. The van der Waals surface area contributed by atoms with Crippen LogP contribution >= 0.6 is 27.7 Å². The number of benzene rings is 3. The summed E-state index contributed by atoms with van der Waals surface area (Å²) in [5.41, 5.74) is 0.968. The summed E-state index contributed by atoms with van der Waals surface area (Å²) in [7, 11) is 0. The minimum absolute atomic E-state index is 0.684. The minimum atomic E-state index is 0.684. The van der Waals surface area contributed by atoms with Crippen LogP contribution in [0.2, 0.25) is 0 Å². The lowest BCUT2D eigenvalue weighted by molar-refractivity contribution is 0.318. The first-order valence-corrected chi connectivity index (χ1v) is 12.9. The number of nitrogens with zero attached hydrogens (tertiary/aromatic N) is 4. The summed E-state index contributed by atoms with van der Waals surface area (Å²) in [4.78, 5) is 0. The molecule has 6 nitrogen and oxygen atoms in total. The van der Waals surface area contributed by atoms with E-state index in [2.05, 4.69) is 31.5 Å². The van der Waals surface area contributed by atoms with Crippen LogP contribution in [0.5, 0.6) is 11.5 Å². The quantitative estimate of drug-likeness (QED) is 0.134. The van der Waals surface area contributed by atoms with Crippen molar-refractivity contribution in [1.29, 1.82) is 0 Å². The highest BCUT2D eigenvalue weighted by atomic mass is 79.9. The lowest BCUT2D eigenvalue weighted by Gasteiger charge is -2.06. The molecular formula is C25H27BrN4O2S. The Morgan fingerprint density at radius 2 is 1.27 bits per heavy atom. The second-order valence-corrected chi connectivity index (χ2v) is 8.63. The molecule has 0 bridgehead atoms. The first-order chi connectivity index (χ1) is 16.4. The number of hydrogen-bond acceptors (Lipinski definition) is 6. The Bertz CT molecular complexity index is 1020. The number of alkyl halides is 1. The van der Waals surface area contributed by atoms with E-state index in [0.29, 0.717) is 6.61 Å². The van der Waals surface area contributed by atoms with E-state index in [-0.39, 0.29) is 0 Å². The molecule has 0 unspecified atom stereocenters. The number of tetrazole rings is 1. The second kappa shape index (κ2) is 15.1. The van der Waals surface area contributed by atoms with Gasteiger partial charge in [-0.3, -0.25) is 0 Å². The molecule has 33 heavy (non-hydrogen) atoms. The Labute approximate surface area is 207 Å². The topological polar surface area (TPSA) is 62.1 Å². The van der Waals surface area contributed by atoms with Gasteiger partial charge in [-0.1, -0.05) is 82.3 Å². The Morgan fingerprint density at radius 3 is 1.85 bits per heavy atom. The summed E-state index contributed by atoms with van der Waals surface area (Å²) in [6, 6.07) is 29.6. The van der Waals surface area contributed by atoms with E-state index in [1.54, 1.807) is 16.4 Å². The van der Waals surface area contributed by atoms with Gasteiger partial charge in [-0.15, -0.1) is 5.10 Å². The lowest BCUT2D eigenvalue weighted by atomic mass is 10.3. The summed E-state index contributed by atoms with van der Waals surface area (Å²) in [6.45, 7) is 1.47. The van der Waals surface area contributed by atoms with E-state index in [9.17, 15) is 0 Å². The third-order valence-corrected chi connectivity index (χ3v) is 5.83. The molecule has 3 aromatic carbocycles. The van der Waals surface area contributed by atoms with Crippen LogP contribution in [-0.2, 0) is 0 Å². The predicted octanol–water partition coefficient (Wildman–Crippen LogP) is 6.07. The summed E-state index contributed by atoms with van der Waals surface area (Å²) in [5.74, 6) is 2.76.